The minimum absolute atomic E-state index is 0.708. The van der Waals surface area contributed by atoms with Gasteiger partial charge in [0.1, 0.15) is 5.01 Å². The second-order valence-electron chi connectivity index (χ2n) is 5.27. The van der Waals surface area contributed by atoms with E-state index in [4.69, 9.17) is 11.6 Å². The molecule has 2 aromatic carbocycles. The van der Waals surface area contributed by atoms with E-state index in [0.717, 1.165) is 26.4 Å². The highest BCUT2D eigenvalue weighted by Crippen LogP contribution is 2.21. The molecule has 0 unspecified atom stereocenters. The van der Waals surface area contributed by atoms with E-state index in [9.17, 15) is 0 Å². The van der Waals surface area contributed by atoms with E-state index in [0.29, 0.717) is 6.42 Å². The van der Waals surface area contributed by atoms with Crippen LogP contribution >= 0.6 is 22.9 Å². The van der Waals surface area contributed by atoms with E-state index >= 15 is 0 Å². The maximum Gasteiger partial charge on any atom is 0.234 e. The van der Waals surface area contributed by atoms with Crippen LogP contribution in [0.4, 0.5) is 0 Å². The van der Waals surface area contributed by atoms with Crippen molar-refractivity contribution in [1.82, 2.24) is 19.8 Å². The van der Waals surface area contributed by atoms with E-state index in [-0.39, 0.29) is 0 Å². The Balaban J connectivity index is 1.61. The Morgan fingerprint density at radius 2 is 1.75 bits per heavy atom. The van der Waals surface area contributed by atoms with E-state index in [1.54, 1.807) is 0 Å². The third kappa shape index (κ3) is 3.09. The second-order valence-corrected chi connectivity index (χ2v) is 6.66. The number of hydrogen-bond donors (Lipinski definition) is 0. The molecule has 4 nitrogen and oxygen atoms in total. The third-order valence-electron chi connectivity index (χ3n) is 3.59. The quantitative estimate of drug-likeness (QED) is 0.539. The van der Waals surface area contributed by atoms with Gasteiger partial charge in [-0.15, -0.1) is 10.2 Å². The van der Waals surface area contributed by atoms with Crippen molar-refractivity contribution in [3.05, 3.63) is 81.6 Å². The van der Waals surface area contributed by atoms with Gasteiger partial charge in [-0.25, -0.2) is 0 Å². The van der Waals surface area contributed by atoms with Crippen molar-refractivity contribution in [3.8, 4) is 0 Å². The lowest BCUT2D eigenvalue weighted by Crippen LogP contribution is -1.97. The molecule has 0 aliphatic carbocycles. The first-order valence-electron chi connectivity index (χ1n) is 7.47. The van der Waals surface area contributed by atoms with Crippen LogP contribution in [-0.2, 0) is 6.42 Å². The molecular weight excluding hydrogens is 340 g/mol. The van der Waals surface area contributed by atoms with Crippen LogP contribution in [0.3, 0.4) is 0 Å². The van der Waals surface area contributed by atoms with E-state index in [1.165, 1.54) is 16.9 Å². The maximum absolute atomic E-state index is 6.17. The number of fused-ring (bicyclic) bond motifs is 1. The van der Waals surface area contributed by atoms with Crippen molar-refractivity contribution in [2.24, 2.45) is 0 Å². The summed E-state index contributed by atoms with van der Waals surface area (Å²) in [5.74, 6) is 0.838. The summed E-state index contributed by atoms with van der Waals surface area (Å²) in [6.07, 6.45) is 4.62. The molecular formula is C18H13ClN4S. The van der Waals surface area contributed by atoms with Gasteiger partial charge >= 0.3 is 0 Å². The summed E-state index contributed by atoms with van der Waals surface area (Å²) in [4.78, 5) is 0.791. The second kappa shape index (κ2) is 6.55. The molecule has 0 saturated carbocycles. The van der Waals surface area contributed by atoms with Crippen LogP contribution in [0.15, 0.2) is 54.6 Å². The van der Waals surface area contributed by atoms with E-state index in [2.05, 4.69) is 27.4 Å². The predicted molar refractivity (Wildman–Crippen MR) is 98.3 cm³/mol. The minimum Gasteiger partial charge on any atom is -0.187 e. The van der Waals surface area contributed by atoms with E-state index < -0.39 is 0 Å². The van der Waals surface area contributed by atoms with Gasteiger partial charge in [0, 0.05) is 11.4 Å². The van der Waals surface area contributed by atoms with Crippen LogP contribution in [0.2, 0.25) is 5.02 Å². The summed E-state index contributed by atoms with van der Waals surface area (Å²) in [5.41, 5.74) is 2.16. The normalized spacial score (nSPS) is 11.5. The topological polar surface area (TPSA) is 43.1 Å². The molecule has 118 valence electrons. The van der Waals surface area contributed by atoms with Crippen molar-refractivity contribution < 1.29 is 0 Å². The van der Waals surface area contributed by atoms with Crippen molar-refractivity contribution in [1.29, 1.82) is 0 Å². The number of aromatic nitrogens is 4. The van der Waals surface area contributed by atoms with E-state index in [1.807, 2.05) is 59.1 Å². The summed E-state index contributed by atoms with van der Waals surface area (Å²) in [6.45, 7) is 0. The van der Waals surface area contributed by atoms with Gasteiger partial charge in [-0.05, 0) is 23.3 Å². The van der Waals surface area contributed by atoms with Gasteiger partial charge in [-0.2, -0.15) is 9.61 Å². The van der Waals surface area contributed by atoms with Gasteiger partial charge in [0.25, 0.3) is 0 Å². The van der Waals surface area contributed by atoms with Gasteiger partial charge < -0.3 is 0 Å². The molecule has 6 heteroatoms. The molecule has 0 spiro atoms. The number of benzene rings is 2. The smallest absolute Gasteiger partial charge is 0.187 e. The van der Waals surface area contributed by atoms with Gasteiger partial charge in [-0.1, -0.05) is 77.5 Å². The molecule has 4 aromatic rings. The third-order valence-corrected chi connectivity index (χ3v) is 4.80. The average Bonchev–Trinajstić information content (AvgIpc) is 3.17. The standard InChI is InChI=1S/C18H13ClN4S/c19-15-9-5-4-8-14(15)10-11-17-22-23-16(20-21-18(23)24-17)12-13-6-2-1-3-7-13/h1-11H,12H2. The number of rotatable bonds is 4. The van der Waals surface area contributed by atoms with Gasteiger partial charge in [-0.3, -0.25) is 0 Å². The molecule has 0 radical (unpaired) electrons. The Morgan fingerprint density at radius 1 is 0.958 bits per heavy atom. The molecule has 0 fully saturated rings. The van der Waals surface area contributed by atoms with Crippen molar-refractivity contribution in [3.63, 3.8) is 0 Å². The van der Waals surface area contributed by atoms with Crippen LogP contribution in [0.1, 0.15) is 22.0 Å². The Kier molecular flexibility index (Phi) is 4.11. The predicted octanol–water partition coefficient (Wildman–Crippen LogP) is 4.60. The highest BCUT2D eigenvalue weighted by atomic mass is 35.5. The summed E-state index contributed by atoms with van der Waals surface area (Å²) < 4.78 is 1.81. The summed E-state index contributed by atoms with van der Waals surface area (Å²) in [7, 11) is 0. The molecule has 4 rings (SSSR count). The molecule has 2 heterocycles. The van der Waals surface area contributed by atoms with Crippen LogP contribution in [0.25, 0.3) is 17.1 Å². The zero-order chi connectivity index (χ0) is 16.4. The lowest BCUT2D eigenvalue weighted by Gasteiger charge is -1.97. The number of halogens is 1. The van der Waals surface area contributed by atoms with Crippen molar-refractivity contribution >= 4 is 40.1 Å². The largest absolute Gasteiger partial charge is 0.234 e. The molecule has 24 heavy (non-hydrogen) atoms. The Bertz CT molecular complexity index is 1000. The fourth-order valence-corrected chi connectivity index (χ4v) is 3.36. The SMILES string of the molecule is Clc1ccccc1C=Cc1nn2c(Cc3ccccc3)nnc2s1. The number of nitrogens with zero attached hydrogens (tertiary/aromatic N) is 4. The molecule has 0 amide bonds. The zero-order valence-corrected chi connectivity index (χ0v) is 14.2. The first-order chi connectivity index (χ1) is 11.8. The van der Waals surface area contributed by atoms with Crippen LogP contribution in [0, 0.1) is 0 Å². The zero-order valence-electron chi connectivity index (χ0n) is 12.6. The fourth-order valence-electron chi connectivity index (χ4n) is 2.40. The Labute approximate surface area is 148 Å². The fraction of sp³-hybridized carbons (Fsp3) is 0.0556. The summed E-state index contributed by atoms with van der Waals surface area (Å²) in [6, 6.07) is 17.9. The molecule has 0 aliphatic rings. The van der Waals surface area contributed by atoms with Gasteiger partial charge in [0.15, 0.2) is 5.82 Å². The first kappa shape index (κ1) is 15.1. The Hall–Kier alpha value is -2.50. The molecule has 0 bridgehead atoms. The highest BCUT2D eigenvalue weighted by molar-refractivity contribution is 7.17. The summed E-state index contributed by atoms with van der Waals surface area (Å²) >= 11 is 7.67. The molecule has 0 N–H and O–H groups in total. The van der Waals surface area contributed by atoms with Crippen LogP contribution in [-0.4, -0.2) is 19.8 Å². The minimum atomic E-state index is 0.708. The molecule has 0 saturated heterocycles. The molecule has 2 aromatic heterocycles. The van der Waals surface area contributed by atoms with Gasteiger partial charge in [0.2, 0.25) is 4.96 Å². The maximum atomic E-state index is 6.17. The molecule has 0 aliphatic heterocycles. The lowest BCUT2D eigenvalue weighted by atomic mass is 10.1. The first-order valence-corrected chi connectivity index (χ1v) is 8.67. The average molecular weight is 353 g/mol. The van der Waals surface area contributed by atoms with Crippen molar-refractivity contribution in [2.75, 3.05) is 0 Å². The summed E-state index contributed by atoms with van der Waals surface area (Å²) in [5, 5.41) is 14.6. The Morgan fingerprint density at radius 3 is 2.58 bits per heavy atom. The lowest BCUT2D eigenvalue weighted by molar-refractivity contribution is 0.848. The van der Waals surface area contributed by atoms with Gasteiger partial charge in [0.05, 0.1) is 0 Å². The molecule has 0 atom stereocenters. The van der Waals surface area contributed by atoms with Crippen LogP contribution in [0.5, 0.6) is 0 Å². The number of hydrogen-bond acceptors (Lipinski definition) is 4. The monoisotopic (exact) mass is 352 g/mol. The van der Waals surface area contributed by atoms with Crippen LogP contribution < -0.4 is 0 Å². The highest BCUT2D eigenvalue weighted by Gasteiger charge is 2.11. The van der Waals surface area contributed by atoms with Crippen molar-refractivity contribution in [2.45, 2.75) is 6.42 Å².